The lowest BCUT2D eigenvalue weighted by atomic mass is 10.1. The van der Waals surface area contributed by atoms with E-state index in [1.165, 1.54) is 6.07 Å². The third-order valence-electron chi connectivity index (χ3n) is 2.13. The number of nitrogens with zero attached hydrogens (tertiary/aromatic N) is 1. The van der Waals surface area contributed by atoms with Crippen molar-refractivity contribution in [3.63, 3.8) is 0 Å². The molecule has 1 aromatic carbocycles. The van der Waals surface area contributed by atoms with E-state index >= 15 is 0 Å². The molecule has 2 N–H and O–H groups in total. The van der Waals surface area contributed by atoms with Gasteiger partial charge in [-0.1, -0.05) is 24.3 Å². The first-order valence-electron chi connectivity index (χ1n) is 4.62. The molecular weight excluding hydrogens is 224 g/mol. The molecule has 0 bridgehead atoms. The third kappa shape index (κ3) is 2.10. The summed E-state index contributed by atoms with van der Waals surface area (Å²) >= 11 is 0. The van der Waals surface area contributed by atoms with Crippen LogP contribution in [0.2, 0.25) is 0 Å². The summed E-state index contributed by atoms with van der Waals surface area (Å²) in [5.74, 6) is 0. The van der Waals surface area contributed by atoms with Crippen molar-refractivity contribution in [2.75, 3.05) is 0 Å². The molecule has 5 heteroatoms. The van der Waals surface area contributed by atoms with Gasteiger partial charge in [-0.05, 0) is 18.2 Å². The van der Waals surface area contributed by atoms with Crippen LogP contribution >= 0.6 is 0 Å². The van der Waals surface area contributed by atoms with Crippen molar-refractivity contribution < 1.29 is 8.42 Å². The highest BCUT2D eigenvalue weighted by Gasteiger charge is 2.14. The molecule has 0 aliphatic heterocycles. The number of hydrogen-bond donors (Lipinski definition) is 1. The van der Waals surface area contributed by atoms with E-state index in [0.29, 0.717) is 11.3 Å². The van der Waals surface area contributed by atoms with Gasteiger partial charge in [0.1, 0.15) is 0 Å². The molecule has 0 fully saturated rings. The number of pyridine rings is 1. The third-order valence-corrected chi connectivity index (χ3v) is 3.10. The Balaban J connectivity index is 2.68. The molecular formula is C11H10N2O2S. The topological polar surface area (TPSA) is 73.1 Å². The average molecular weight is 234 g/mol. The minimum atomic E-state index is -3.72. The van der Waals surface area contributed by atoms with Crippen molar-refractivity contribution in [1.29, 1.82) is 0 Å². The molecule has 2 aromatic rings. The maximum Gasteiger partial charge on any atom is 0.238 e. The van der Waals surface area contributed by atoms with Crippen molar-refractivity contribution in [1.82, 2.24) is 4.98 Å². The smallest absolute Gasteiger partial charge is 0.238 e. The lowest BCUT2D eigenvalue weighted by molar-refractivity contribution is 0.598. The summed E-state index contributed by atoms with van der Waals surface area (Å²) in [5, 5.41) is 5.14. The molecule has 16 heavy (non-hydrogen) atoms. The second-order valence-electron chi connectivity index (χ2n) is 3.26. The zero-order valence-electron chi connectivity index (χ0n) is 8.37. The molecule has 0 aliphatic rings. The number of nitrogens with two attached hydrogens (primary N) is 1. The Morgan fingerprint density at radius 2 is 1.69 bits per heavy atom. The summed E-state index contributed by atoms with van der Waals surface area (Å²) in [7, 11) is -3.72. The standard InChI is InChI=1S/C11H10N2O2S/c12-16(14,15)11-7-2-1-5-9(11)10-6-3-4-8-13-10/h1-8H,(H2,12,14,15). The predicted molar refractivity (Wildman–Crippen MR) is 61.0 cm³/mol. The highest BCUT2D eigenvalue weighted by atomic mass is 32.2. The summed E-state index contributed by atoms with van der Waals surface area (Å²) in [6.45, 7) is 0. The van der Waals surface area contributed by atoms with Gasteiger partial charge in [-0.2, -0.15) is 0 Å². The van der Waals surface area contributed by atoms with Gasteiger partial charge < -0.3 is 0 Å². The molecule has 0 saturated heterocycles. The highest BCUT2D eigenvalue weighted by Crippen LogP contribution is 2.23. The maximum absolute atomic E-state index is 11.4. The normalized spacial score (nSPS) is 11.3. The second-order valence-corrected chi connectivity index (χ2v) is 4.79. The van der Waals surface area contributed by atoms with Crippen molar-refractivity contribution in [3.05, 3.63) is 48.7 Å². The first kappa shape index (κ1) is 10.8. The van der Waals surface area contributed by atoms with Crippen LogP contribution in [-0.2, 0) is 10.0 Å². The first-order chi connectivity index (χ1) is 7.59. The Hall–Kier alpha value is -1.72. The van der Waals surface area contributed by atoms with E-state index in [1.54, 1.807) is 42.6 Å². The van der Waals surface area contributed by atoms with Crippen LogP contribution in [0, 0.1) is 0 Å². The Morgan fingerprint density at radius 3 is 2.31 bits per heavy atom. The van der Waals surface area contributed by atoms with Crippen LogP contribution in [0.25, 0.3) is 11.3 Å². The Bertz CT molecular complexity index is 594. The lowest BCUT2D eigenvalue weighted by Gasteiger charge is -2.06. The van der Waals surface area contributed by atoms with E-state index in [9.17, 15) is 8.42 Å². The summed E-state index contributed by atoms with van der Waals surface area (Å²) < 4.78 is 22.8. The Kier molecular flexibility index (Phi) is 2.72. The largest absolute Gasteiger partial charge is 0.256 e. The molecule has 0 radical (unpaired) electrons. The van der Waals surface area contributed by atoms with E-state index in [0.717, 1.165) is 0 Å². The SMILES string of the molecule is NS(=O)(=O)c1ccccc1-c1ccccn1. The fourth-order valence-electron chi connectivity index (χ4n) is 1.45. The maximum atomic E-state index is 11.4. The number of sulfonamides is 1. The molecule has 2 rings (SSSR count). The van der Waals surface area contributed by atoms with Gasteiger partial charge in [0.2, 0.25) is 10.0 Å². The second kappa shape index (κ2) is 4.03. The van der Waals surface area contributed by atoms with Gasteiger partial charge in [0.05, 0.1) is 10.6 Å². The van der Waals surface area contributed by atoms with Crippen molar-refractivity contribution in [2.24, 2.45) is 5.14 Å². The van der Waals surface area contributed by atoms with E-state index in [4.69, 9.17) is 5.14 Å². The van der Waals surface area contributed by atoms with Crippen LogP contribution in [0.5, 0.6) is 0 Å². The molecule has 1 aromatic heterocycles. The summed E-state index contributed by atoms with van der Waals surface area (Å²) in [4.78, 5) is 4.19. The monoisotopic (exact) mass is 234 g/mol. The first-order valence-corrected chi connectivity index (χ1v) is 6.17. The van der Waals surface area contributed by atoms with Gasteiger partial charge in [-0.15, -0.1) is 0 Å². The number of benzene rings is 1. The molecule has 0 aliphatic carbocycles. The minimum absolute atomic E-state index is 0.0914. The molecule has 0 spiro atoms. The molecule has 4 nitrogen and oxygen atoms in total. The molecule has 82 valence electrons. The summed E-state index contributed by atoms with van der Waals surface area (Å²) in [6, 6.07) is 11.8. The average Bonchev–Trinajstić information content (AvgIpc) is 2.29. The molecule has 0 atom stereocenters. The van der Waals surface area contributed by atoms with Gasteiger partial charge in [0, 0.05) is 11.8 Å². The Labute approximate surface area is 93.8 Å². The fourth-order valence-corrected chi connectivity index (χ4v) is 2.20. The van der Waals surface area contributed by atoms with Gasteiger partial charge in [0.25, 0.3) is 0 Å². The number of hydrogen-bond acceptors (Lipinski definition) is 3. The van der Waals surface area contributed by atoms with Crippen LogP contribution in [0.15, 0.2) is 53.6 Å². The summed E-state index contributed by atoms with van der Waals surface area (Å²) in [6.07, 6.45) is 1.61. The minimum Gasteiger partial charge on any atom is -0.256 e. The number of primary sulfonamides is 1. The van der Waals surface area contributed by atoms with Crippen LogP contribution in [0.1, 0.15) is 0 Å². The highest BCUT2D eigenvalue weighted by molar-refractivity contribution is 7.89. The van der Waals surface area contributed by atoms with Crippen LogP contribution < -0.4 is 5.14 Å². The van der Waals surface area contributed by atoms with Crippen LogP contribution in [0.3, 0.4) is 0 Å². The van der Waals surface area contributed by atoms with Crippen molar-refractivity contribution >= 4 is 10.0 Å². The van der Waals surface area contributed by atoms with Gasteiger partial charge in [-0.25, -0.2) is 13.6 Å². The molecule has 0 amide bonds. The number of rotatable bonds is 2. The molecule has 1 heterocycles. The van der Waals surface area contributed by atoms with Crippen LogP contribution in [0.4, 0.5) is 0 Å². The van der Waals surface area contributed by atoms with E-state index in [-0.39, 0.29) is 4.90 Å². The van der Waals surface area contributed by atoms with Gasteiger partial charge in [-0.3, -0.25) is 4.98 Å². The predicted octanol–water partition coefficient (Wildman–Crippen LogP) is 1.40. The van der Waals surface area contributed by atoms with Gasteiger partial charge in [0.15, 0.2) is 0 Å². The van der Waals surface area contributed by atoms with Gasteiger partial charge >= 0.3 is 0 Å². The zero-order valence-corrected chi connectivity index (χ0v) is 9.18. The van der Waals surface area contributed by atoms with E-state index in [2.05, 4.69) is 4.98 Å². The van der Waals surface area contributed by atoms with Crippen molar-refractivity contribution in [2.45, 2.75) is 4.90 Å². The molecule has 0 saturated carbocycles. The summed E-state index contributed by atoms with van der Waals surface area (Å²) in [5.41, 5.74) is 1.11. The molecule has 0 unspecified atom stereocenters. The van der Waals surface area contributed by atoms with E-state index in [1.807, 2.05) is 0 Å². The van der Waals surface area contributed by atoms with Crippen LogP contribution in [-0.4, -0.2) is 13.4 Å². The fraction of sp³-hybridized carbons (Fsp3) is 0. The van der Waals surface area contributed by atoms with Crippen molar-refractivity contribution in [3.8, 4) is 11.3 Å². The lowest BCUT2D eigenvalue weighted by Crippen LogP contribution is -2.13. The number of aromatic nitrogens is 1. The van der Waals surface area contributed by atoms with E-state index < -0.39 is 10.0 Å². The quantitative estimate of drug-likeness (QED) is 0.853. The zero-order chi connectivity index (χ0) is 11.6. The Morgan fingerprint density at radius 1 is 1.00 bits per heavy atom.